The first-order valence-corrected chi connectivity index (χ1v) is 10.6. The van der Waals surface area contributed by atoms with Crippen molar-refractivity contribution in [3.8, 4) is 0 Å². The zero-order valence-corrected chi connectivity index (χ0v) is 16.5. The lowest BCUT2D eigenvalue weighted by atomic mass is 10.1. The molecule has 1 heterocycles. The van der Waals surface area contributed by atoms with Crippen LogP contribution in [0.1, 0.15) is 77.6 Å². The molecule has 26 heavy (non-hydrogen) atoms. The van der Waals surface area contributed by atoms with E-state index in [1.807, 2.05) is 0 Å². The fourth-order valence-corrected chi connectivity index (χ4v) is 3.30. The maximum absolute atomic E-state index is 9.86. The van der Waals surface area contributed by atoms with E-state index in [0.717, 1.165) is 12.8 Å². The number of unbranched alkanes of at least 4 members (excludes halogenated alkanes) is 9. The number of hydrogen-bond donors (Lipinski definition) is 3. The topological polar surface area (TPSA) is 79.2 Å². The highest BCUT2D eigenvalue weighted by Crippen LogP contribution is 2.21. The SMILES string of the molecule is CCC/C=C/CCCCCCCCCCO[C@@H]1[C@H]([C@H](O)CO)OC[C@@H]1O. The molecule has 0 saturated carbocycles. The van der Waals surface area contributed by atoms with Crippen molar-refractivity contribution in [2.45, 2.75) is 102 Å². The summed E-state index contributed by atoms with van der Waals surface area (Å²) in [4.78, 5) is 0. The number of aliphatic hydroxyl groups is 3. The molecule has 4 atom stereocenters. The smallest absolute Gasteiger partial charge is 0.114 e. The van der Waals surface area contributed by atoms with E-state index < -0.39 is 24.4 Å². The van der Waals surface area contributed by atoms with E-state index in [1.54, 1.807) is 0 Å². The van der Waals surface area contributed by atoms with Gasteiger partial charge in [-0.2, -0.15) is 0 Å². The minimum Gasteiger partial charge on any atom is -0.394 e. The Balaban J connectivity index is 1.91. The number of aliphatic hydroxyl groups excluding tert-OH is 3. The van der Waals surface area contributed by atoms with Gasteiger partial charge in [-0.3, -0.25) is 0 Å². The van der Waals surface area contributed by atoms with Gasteiger partial charge >= 0.3 is 0 Å². The van der Waals surface area contributed by atoms with Gasteiger partial charge in [-0.1, -0.05) is 64.0 Å². The second-order valence-corrected chi connectivity index (χ2v) is 7.33. The second kappa shape index (κ2) is 15.6. The summed E-state index contributed by atoms with van der Waals surface area (Å²) in [5, 5.41) is 28.6. The zero-order valence-electron chi connectivity index (χ0n) is 16.5. The third-order valence-electron chi connectivity index (χ3n) is 4.93. The van der Waals surface area contributed by atoms with E-state index in [0.29, 0.717) is 6.61 Å². The molecule has 0 aromatic carbocycles. The summed E-state index contributed by atoms with van der Waals surface area (Å²) in [6.45, 7) is 2.54. The Bertz CT molecular complexity index is 347. The summed E-state index contributed by atoms with van der Waals surface area (Å²) in [7, 11) is 0. The van der Waals surface area contributed by atoms with Crippen LogP contribution in [0.25, 0.3) is 0 Å². The molecule has 1 aliphatic heterocycles. The molecular formula is C21H40O5. The molecule has 5 heteroatoms. The van der Waals surface area contributed by atoms with Gasteiger partial charge in [0.15, 0.2) is 0 Å². The van der Waals surface area contributed by atoms with E-state index in [1.165, 1.54) is 57.8 Å². The summed E-state index contributed by atoms with van der Waals surface area (Å²) in [5.41, 5.74) is 0. The van der Waals surface area contributed by atoms with Crippen LogP contribution in [0.3, 0.4) is 0 Å². The van der Waals surface area contributed by atoms with Crippen molar-refractivity contribution in [3.63, 3.8) is 0 Å². The van der Waals surface area contributed by atoms with Crippen LogP contribution in [-0.2, 0) is 9.47 Å². The van der Waals surface area contributed by atoms with Gasteiger partial charge in [-0.25, -0.2) is 0 Å². The van der Waals surface area contributed by atoms with Crippen LogP contribution in [0.2, 0.25) is 0 Å². The first kappa shape index (κ1) is 23.6. The van der Waals surface area contributed by atoms with Crippen LogP contribution in [0.15, 0.2) is 12.2 Å². The van der Waals surface area contributed by atoms with E-state index in [9.17, 15) is 10.2 Å². The molecule has 1 rings (SSSR count). The first-order valence-electron chi connectivity index (χ1n) is 10.6. The summed E-state index contributed by atoms with van der Waals surface area (Å²) in [5.74, 6) is 0. The van der Waals surface area contributed by atoms with Crippen molar-refractivity contribution in [2.75, 3.05) is 19.8 Å². The molecule has 1 saturated heterocycles. The van der Waals surface area contributed by atoms with Gasteiger partial charge in [0.25, 0.3) is 0 Å². The molecule has 0 unspecified atom stereocenters. The Kier molecular flexibility index (Phi) is 14.1. The molecule has 1 fully saturated rings. The molecule has 5 nitrogen and oxygen atoms in total. The normalized spacial score (nSPS) is 24.5. The molecule has 1 aliphatic rings. The molecule has 0 aromatic rings. The van der Waals surface area contributed by atoms with Gasteiger partial charge in [0, 0.05) is 6.61 Å². The van der Waals surface area contributed by atoms with Gasteiger partial charge in [0.05, 0.1) is 13.2 Å². The maximum atomic E-state index is 9.86. The summed E-state index contributed by atoms with van der Waals surface area (Å²) in [6, 6.07) is 0. The number of allylic oxidation sites excluding steroid dienone is 2. The highest BCUT2D eigenvalue weighted by Gasteiger charge is 2.40. The third-order valence-corrected chi connectivity index (χ3v) is 4.93. The van der Waals surface area contributed by atoms with Crippen LogP contribution in [0.5, 0.6) is 0 Å². The lowest BCUT2D eigenvalue weighted by molar-refractivity contribution is -0.0938. The van der Waals surface area contributed by atoms with E-state index in [2.05, 4.69) is 19.1 Å². The summed E-state index contributed by atoms with van der Waals surface area (Å²) < 4.78 is 11.0. The van der Waals surface area contributed by atoms with Crippen molar-refractivity contribution < 1.29 is 24.8 Å². The average Bonchev–Trinajstić information content (AvgIpc) is 3.02. The van der Waals surface area contributed by atoms with E-state index >= 15 is 0 Å². The van der Waals surface area contributed by atoms with E-state index in [4.69, 9.17) is 14.6 Å². The third kappa shape index (κ3) is 10.0. The van der Waals surface area contributed by atoms with Crippen molar-refractivity contribution >= 4 is 0 Å². The standard InChI is InChI=1S/C21H40O5/c1-2-3-4-5-6-7-8-9-10-11-12-13-14-15-25-21-19(24)17-26-20(21)18(23)16-22/h4-5,18-24H,2-3,6-17H2,1H3/b5-4+/t18-,19+,20+,21+/m1/s1. The van der Waals surface area contributed by atoms with Gasteiger partial charge in [0.2, 0.25) is 0 Å². The maximum Gasteiger partial charge on any atom is 0.114 e. The van der Waals surface area contributed by atoms with Crippen molar-refractivity contribution in [2.24, 2.45) is 0 Å². The largest absolute Gasteiger partial charge is 0.394 e. The minimum atomic E-state index is -1.00. The number of rotatable bonds is 16. The van der Waals surface area contributed by atoms with Crippen LogP contribution >= 0.6 is 0 Å². The fourth-order valence-electron chi connectivity index (χ4n) is 3.30. The fraction of sp³-hybridized carbons (Fsp3) is 0.905. The Morgan fingerprint density at radius 3 is 2.27 bits per heavy atom. The number of hydrogen-bond acceptors (Lipinski definition) is 5. The first-order chi connectivity index (χ1) is 12.7. The van der Waals surface area contributed by atoms with Crippen molar-refractivity contribution in [1.29, 1.82) is 0 Å². The zero-order chi connectivity index (χ0) is 19.0. The molecular weight excluding hydrogens is 332 g/mol. The van der Waals surface area contributed by atoms with Crippen molar-refractivity contribution in [1.82, 2.24) is 0 Å². The quantitative estimate of drug-likeness (QED) is 0.286. The highest BCUT2D eigenvalue weighted by atomic mass is 16.6. The average molecular weight is 373 g/mol. The lowest BCUT2D eigenvalue weighted by Crippen LogP contribution is -2.42. The van der Waals surface area contributed by atoms with Crippen LogP contribution in [-0.4, -0.2) is 59.6 Å². The van der Waals surface area contributed by atoms with Crippen LogP contribution in [0.4, 0.5) is 0 Å². The predicted octanol–water partition coefficient (Wildman–Crippen LogP) is 3.35. The molecule has 0 spiro atoms. The molecule has 154 valence electrons. The highest BCUT2D eigenvalue weighted by molar-refractivity contribution is 4.89. The predicted molar refractivity (Wildman–Crippen MR) is 104 cm³/mol. The molecule has 0 aromatic heterocycles. The Labute approximate surface area is 159 Å². The summed E-state index contributed by atoms with van der Waals surface area (Å²) >= 11 is 0. The second-order valence-electron chi connectivity index (χ2n) is 7.33. The summed E-state index contributed by atoms with van der Waals surface area (Å²) in [6.07, 6.45) is 15.2. The molecule has 0 bridgehead atoms. The van der Waals surface area contributed by atoms with Crippen LogP contribution in [0, 0.1) is 0 Å². The Hall–Kier alpha value is -0.460. The van der Waals surface area contributed by atoms with E-state index in [-0.39, 0.29) is 13.2 Å². The van der Waals surface area contributed by atoms with Crippen LogP contribution < -0.4 is 0 Å². The molecule has 0 amide bonds. The Morgan fingerprint density at radius 2 is 1.62 bits per heavy atom. The van der Waals surface area contributed by atoms with Crippen molar-refractivity contribution in [3.05, 3.63) is 12.2 Å². The van der Waals surface area contributed by atoms with Gasteiger partial charge in [0.1, 0.15) is 24.4 Å². The van der Waals surface area contributed by atoms with Gasteiger partial charge < -0.3 is 24.8 Å². The lowest BCUT2D eigenvalue weighted by Gasteiger charge is -2.23. The molecule has 0 aliphatic carbocycles. The molecule has 3 N–H and O–H groups in total. The minimum absolute atomic E-state index is 0.154. The molecule has 0 radical (unpaired) electrons. The van der Waals surface area contributed by atoms with Gasteiger partial charge in [-0.15, -0.1) is 0 Å². The Morgan fingerprint density at radius 1 is 1.00 bits per heavy atom. The number of ether oxygens (including phenoxy) is 2. The monoisotopic (exact) mass is 372 g/mol. The van der Waals surface area contributed by atoms with Gasteiger partial charge in [-0.05, 0) is 25.7 Å².